The van der Waals surface area contributed by atoms with Crippen molar-refractivity contribution in [1.29, 1.82) is 0 Å². The van der Waals surface area contributed by atoms with E-state index in [1.165, 1.54) is 7.11 Å². The highest BCUT2D eigenvalue weighted by Crippen LogP contribution is 2.10. The van der Waals surface area contributed by atoms with Gasteiger partial charge in [-0.15, -0.1) is 0 Å². The van der Waals surface area contributed by atoms with Gasteiger partial charge in [0.2, 0.25) is 0 Å². The molecule has 1 aromatic rings. The van der Waals surface area contributed by atoms with Crippen molar-refractivity contribution in [3.05, 3.63) is 29.8 Å². The van der Waals surface area contributed by atoms with Gasteiger partial charge in [-0.2, -0.15) is 0 Å². The lowest BCUT2D eigenvalue weighted by Gasteiger charge is -2.03. The van der Waals surface area contributed by atoms with Gasteiger partial charge >= 0.3 is 0 Å². The van der Waals surface area contributed by atoms with Crippen molar-refractivity contribution in [2.45, 2.75) is 6.61 Å². The van der Waals surface area contributed by atoms with Crippen molar-refractivity contribution in [3.8, 4) is 0 Å². The quantitative estimate of drug-likeness (QED) is 0.548. The van der Waals surface area contributed by atoms with Gasteiger partial charge in [-0.1, -0.05) is 12.1 Å². The third-order valence-corrected chi connectivity index (χ3v) is 1.56. The van der Waals surface area contributed by atoms with Gasteiger partial charge in [0, 0.05) is 12.7 Å². The Morgan fingerprint density at radius 1 is 1.42 bits per heavy atom. The van der Waals surface area contributed by atoms with Gasteiger partial charge in [0.15, 0.2) is 0 Å². The van der Waals surface area contributed by atoms with E-state index in [-0.39, 0.29) is 0 Å². The minimum atomic E-state index is 0.478. The van der Waals surface area contributed by atoms with E-state index in [4.69, 9.17) is 4.89 Å². The van der Waals surface area contributed by atoms with Gasteiger partial charge < -0.3 is 5.32 Å². The van der Waals surface area contributed by atoms with Crippen LogP contribution in [0.4, 0.5) is 5.69 Å². The molecule has 0 aliphatic rings. The molecule has 0 atom stereocenters. The van der Waals surface area contributed by atoms with Crippen LogP contribution < -0.4 is 5.32 Å². The molecular formula is C9H13NO2. The Morgan fingerprint density at radius 2 is 2.25 bits per heavy atom. The van der Waals surface area contributed by atoms with Gasteiger partial charge in [-0.3, -0.25) is 0 Å². The molecule has 0 spiro atoms. The molecule has 0 unspecified atom stereocenters. The summed E-state index contributed by atoms with van der Waals surface area (Å²) in [5, 5.41) is 3.05. The van der Waals surface area contributed by atoms with Crippen LogP contribution in [0.3, 0.4) is 0 Å². The molecule has 0 aliphatic carbocycles. The molecule has 0 aliphatic heterocycles. The third kappa shape index (κ3) is 2.53. The van der Waals surface area contributed by atoms with E-state index in [0.29, 0.717) is 6.61 Å². The Labute approximate surface area is 72.2 Å². The van der Waals surface area contributed by atoms with Crippen LogP contribution in [0.25, 0.3) is 0 Å². The first kappa shape index (κ1) is 9.03. The monoisotopic (exact) mass is 167 g/mol. The molecule has 3 heteroatoms. The normalized spacial score (nSPS) is 9.83. The van der Waals surface area contributed by atoms with Gasteiger partial charge in [0.1, 0.15) is 6.61 Å². The van der Waals surface area contributed by atoms with Crippen LogP contribution in [-0.2, 0) is 16.4 Å². The van der Waals surface area contributed by atoms with Crippen LogP contribution in [-0.4, -0.2) is 14.2 Å². The summed E-state index contributed by atoms with van der Waals surface area (Å²) in [6, 6.07) is 7.97. The summed E-state index contributed by atoms with van der Waals surface area (Å²) in [5.41, 5.74) is 2.16. The number of hydrogen-bond donors (Lipinski definition) is 1. The van der Waals surface area contributed by atoms with E-state index in [0.717, 1.165) is 11.3 Å². The molecular weight excluding hydrogens is 154 g/mol. The molecule has 0 saturated heterocycles. The topological polar surface area (TPSA) is 30.5 Å². The summed E-state index contributed by atoms with van der Waals surface area (Å²) < 4.78 is 0. The lowest BCUT2D eigenvalue weighted by atomic mass is 10.2. The van der Waals surface area contributed by atoms with Crippen LogP contribution in [0.5, 0.6) is 0 Å². The molecule has 1 aromatic carbocycles. The zero-order valence-corrected chi connectivity index (χ0v) is 7.33. The van der Waals surface area contributed by atoms with Crippen molar-refractivity contribution in [3.63, 3.8) is 0 Å². The van der Waals surface area contributed by atoms with Crippen molar-refractivity contribution < 1.29 is 9.78 Å². The van der Waals surface area contributed by atoms with Crippen molar-refractivity contribution in [2.24, 2.45) is 0 Å². The number of anilines is 1. The molecule has 0 radical (unpaired) electrons. The molecule has 1 rings (SSSR count). The van der Waals surface area contributed by atoms with Gasteiger partial charge in [0.05, 0.1) is 7.11 Å². The highest BCUT2D eigenvalue weighted by molar-refractivity contribution is 5.44. The first-order chi connectivity index (χ1) is 5.86. The van der Waals surface area contributed by atoms with Crippen molar-refractivity contribution >= 4 is 5.69 Å². The van der Waals surface area contributed by atoms with Crippen LogP contribution in [0, 0.1) is 0 Å². The predicted molar refractivity (Wildman–Crippen MR) is 47.8 cm³/mol. The molecule has 0 bridgehead atoms. The number of nitrogens with one attached hydrogen (secondary N) is 1. The average molecular weight is 167 g/mol. The summed E-state index contributed by atoms with van der Waals surface area (Å²) in [6.07, 6.45) is 0. The van der Waals surface area contributed by atoms with Crippen molar-refractivity contribution in [2.75, 3.05) is 19.5 Å². The summed E-state index contributed by atoms with van der Waals surface area (Å²) >= 11 is 0. The second-order valence-corrected chi connectivity index (χ2v) is 2.38. The fourth-order valence-electron chi connectivity index (χ4n) is 0.944. The smallest absolute Gasteiger partial charge is 0.107 e. The van der Waals surface area contributed by atoms with Gasteiger partial charge in [-0.05, 0) is 17.7 Å². The highest BCUT2D eigenvalue weighted by atomic mass is 17.2. The summed E-state index contributed by atoms with van der Waals surface area (Å²) in [5.74, 6) is 0. The second kappa shape index (κ2) is 4.74. The molecule has 1 N–H and O–H groups in total. The van der Waals surface area contributed by atoms with Crippen molar-refractivity contribution in [1.82, 2.24) is 0 Å². The minimum Gasteiger partial charge on any atom is -0.388 e. The second-order valence-electron chi connectivity index (χ2n) is 2.38. The minimum absolute atomic E-state index is 0.478. The molecule has 66 valence electrons. The zero-order valence-electron chi connectivity index (χ0n) is 7.33. The molecule has 0 heterocycles. The third-order valence-electron chi connectivity index (χ3n) is 1.56. The maximum Gasteiger partial charge on any atom is 0.107 e. The molecule has 0 amide bonds. The Hall–Kier alpha value is -1.06. The molecule has 0 fully saturated rings. The molecule has 3 nitrogen and oxygen atoms in total. The fourth-order valence-corrected chi connectivity index (χ4v) is 0.944. The van der Waals surface area contributed by atoms with E-state index < -0.39 is 0 Å². The Kier molecular flexibility index (Phi) is 3.57. The number of hydrogen-bond acceptors (Lipinski definition) is 3. The lowest BCUT2D eigenvalue weighted by molar-refractivity contribution is -0.282. The molecule has 12 heavy (non-hydrogen) atoms. The van der Waals surface area contributed by atoms with Crippen LogP contribution in [0.1, 0.15) is 5.56 Å². The first-order valence-electron chi connectivity index (χ1n) is 3.79. The standard InChI is InChI=1S/C9H13NO2/c1-10-9-5-3-4-8(6-9)7-12-11-2/h3-6,10H,7H2,1-2H3. The maximum atomic E-state index is 4.79. The van der Waals surface area contributed by atoms with E-state index in [1.807, 2.05) is 31.3 Å². The maximum absolute atomic E-state index is 4.79. The van der Waals surface area contributed by atoms with Gasteiger partial charge in [-0.25, -0.2) is 9.78 Å². The fraction of sp³-hybridized carbons (Fsp3) is 0.333. The lowest BCUT2D eigenvalue weighted by Crippen LogP contribution is -1.93. The zero-order chi connectivity index (χ0) is 8.81. The Bertz CT molecular complexity index is 238. The summed E-state index contributed by atoms with van der Waals surface area (Å²) in [4.78, 5) is 9.29. The van der Waals surface area contributed by atoms with Crippen LogP contribution >= 0.6 is 0 Å². The van der Waals surface area contributed by atoms with Gasteiger partial charge in [0.25, 0.3) is 0 Å². The Morgan fingerprint density at radius 3 is 2.92 bits per heavy atom. The van der Waals surface area contributed by atoms with E-state index >= 15 is 0 Å². The largest absolute Gasteiger partial charge is 0.388 e. The highest BCUT2D eigenvalue weighted by Gasteiger charge is 1.93. The van der Waals surface area contributed by atoms with E-state index in [9.17, 15) is 0 Å². The van der Waals surface area contributed by atoms with E-state index in [2.05, 4.69) is 10.2 Å². The SMILES string of the molecule is CNc1cccc(COOC)c1. The number of benzene rings is 1. The van der Waals surface area contributed by atoms with E-state index in [1.54, 1.807) is 0 Å². The summed E-state index contributed by atoms with van der Waals surface area (Å²) in [6.45, 7) is 0.478. The molecule has 0 saturated carbocycles. The van der Waals surface area contributed by atoms with Crippen LogP contribution in [0.2, 0.25) is 0 Å². The molecule has 0 aromatic heterocycles. The summed E-state index contributed by atoms with van der Waals surface area (Å²) in [7, 11) is 3.39. The van der Waals surface area contributed by atoms with Crippen LogP contribution in [0.15, 0.2) is 24.3 Å². The predicted octanol–water partition coefficient (Wildman–Crippen LogP) is 1.81. The average Bonchev–Trinajstić information content (AvgIpc) is 2.15. The first-order valence-corrected chi connectivity index (χ1v) is 3.79. The Balaban J connectivity index is 2.60. The number of rotatable bonds is 4.